The molecule has 0 bridgehead atoms. The fourth-order valence-corrected chi connectivity index (χ4v) is 3.20. The smallest absolute Gasteiger partial charge is 0.150 e. The van der Waals surface area contributed by atoms with Crippen LogP contribution in [0.5, 0.6) is 0 Å². The third kappa shape index (κ3) is 2.33. The Hall–Kier alpha value is -1.52. The lowest BCUT2D eigenvalue weighted by Crippen LogP contribution is -2.48. The van der Waals surface area contributed by atoms with Gasteiger partial charge in [-0.3, -0.25) is 14.5 Å². The fourth-order valence-electron chi connectivity index (χ4n) is 3.20. The number of carbonyl (C=O) groups excluding carboxylic acids is 2. The molecule has 2 aliphatic rings. The van der Waals surface area contributed by atoms with Crippen molar-refractivity contribution >= 4 is 12.6 Å². The first-order valence-corrected chi connectivity index (χ1v) is 6.66. The van der Waals surface area contributed by atoms with Crippen molar-refractivity contribution in [3.05, 3.63) is 34.4 Å². The van der Waals surface area contributed by atoms with Gasteiger partial charge in [0, 0.05) is 43.9 Å². The Bertz CT molecular complexity index is 484. The van der Waals surface area contributed by atoms with Gasteiger partial charge >= 0.3 is 0 Å². The van der Waals surface area contributed by atoms with Crippen molar-refractivity contribution in [1.82, 2.24) is 9.80 Å². The first-order valence-electron chi connectivity index (χ1n) is 6.66. The van der Waals surface area contributed by atoms with Crippen LogP contribution in [0.4, 0.5) is 0 Å². The zero-order chi connectivity index (χ0) is 13.4. The van der Waals surface area contributed by atoms with Gasteiger partial charge in [-0.15, -0.1) is 0 Å². The van der Waals surface area contributed by atoms with E-state index in [2.05, 4.69) is 16.8 Å². The molecule has 2 aliphatic heterocycles. The average molecular weight is 258 g/mol. The predicted octanol–water partition coefficient (Wildman–Crippen LogP) is 1.19. The van der Waals surface area contributed by atoms with Gasteiger partial charge in [-0.2, -0.15) is 0 Å². The largest absolute Gasteiger partial charge is 0.306 e. The molecule has 1 aromatic carbocycles. The van der Waals surface area contributed by atoms with Crippen LogP contribution in [0.3, 0.4) is 0 Å². The Balaban J connectivity index is 1.72. The molecule has 0 aliphatic carbocycles. The summed E-state index contributed by atoms with van der Waals surface area (Å²) in [6.45, 7) is 5.24. The van der Waals surface area contributed by atoms with E-state index < -0.39 is 0 Å². The van der Waals surface area contributed by atoms with Crippen LogP contribution in [0.25, 0.3) is 0 Å². The number of fused-ring (bicyclic) bond motifs is 1. The zero-order valence-electron chi connectivity index (χ0n) is 11.1. The molecular formula is C15H18N2O2. The zero-order valence-corrected chi connectivity index (χ0v) is 11.1. The van der Waals surface area contributed by atoms with Gasteiger partial charge in [0.2, 0.25) is 0 Å². The van der Waals surface area contributed by atoms with Crippen LogP contribution in [0.15, 0.2) is 12.1 Å². The van der Waals surface area contributed by atoms with Crippen molar-refractivity contribution in [3.63, 3.8) is 0 Å². The third-order valence-electron chi connectivity index (χ3n) is 4.10. The van der Waals surface area contributed by atoms with Crippen LogP contribution in [-0.2, 0) is 13.1 Å². The van der Waals surface area contributed by atoms with Gasteiger partial charge in [-0.25, -0.2) is 0 Å². The van der Waals surface area contributed by atoms with Gasteiger partial charge in [0.15, 0.2) is 12.6 Å². The summed E-state index contributed by atoms with van der Waals surface area (Å²) >= 11 is 0. The second-order valence-corrected chi connectivity index (χ2v) is 5.74. The van der Waals surface area contributed by atoms with Crippen LogP contribution in [0, 0.1) is 5.92 Å². The topological polar surface area (TPSA) is 40.6 Å². The number of rotatable bonds is 4. The van der Waals surface area contributed by atoms with E-state index in [1.165, 1.54) is 24.2 Å². The molecule has 4 heteroatoms. The molecule has 1 aromatic rings. The highest BCUT2D eigenvalue weighted by Crippen LogP contribution is 2.27. The Morgan fingerprint density at radius 1 is 1.11 bits per heavy atom. The normalized spacial score (nSPS) is 20.1. The maximum absolute atomic E-state index is 11.0. The molecule has 100 valence electrons. The number of hydrogen-bond acceptors (Lipinski definition) is 4. The van der Waals surface area contributed by atoms with E-state index in [1.807, 2.05) is 12.1 Å². The SMILES string of the molecule is CN1CC(CN2Cc3cc(C=O)c(C=O)cc3C2)C1. The van der Waals surface area contributed by atoms with Gasteiger partial charge in [-0.05, 0) is 36.2 Å². The molecule has 19 heavy (non-hydrogen) atoms. The van der Waals surface area contributed by atoms with Crippen molar-refractivity contribution in [3.8, 4) is 0 Å². The lowest BCUT2D eigenvalue weighted by molar-refractivity contribution is 0.0898. The van der Waals surface area contributed by atoms with Crippen molar-refractivity contribution in [2.75, 3.05) is 26.7 Å². The number of carbonyl (C=O) groups is 2. The highest BCUT2D eigenvalue weighted by Gasteiger charge is 2.28. The minimum Gasteiger partial charge on any atom is -0.306 e. The van der Waals surface area contributed by atoms with Crippen molar-refractivity contribution < 1.29 is 9.59 Å². The average Bonchev–Trinajstić information content (AvgIpc) is 2.76. The minimum atomic E-state index is 0.513. The van der Waals surface area contributed by atoms with Gasteiger partial charge in [0.05, 0.1) is 0 Å². The number of nitrogens with zero attached hydrogens (tertiary/aromatic N) is 2. The molecule has 3 rings (SSSR count). The van der Waals surface area contributed by atoms with Crippen LogP contribution < -0.4 is 0 Å². The molecule has 0 N–H and O–H groups in total. The van der Waals surface area contributed by atoms with E-state index >= 15 is 0 Å². The second kappa shape index (κ2) is 4.87. The first-order chi connectivity index (χ1) is 9.19. The third-order valence-corrected chi connectivity index (χ3v) is 4.10. The van der Waals surface area contributed by atoms with Gasteiger partial charge in [0.1, 0.15) is 0 Å². The fraction of sp³-hybridized carbons (Fsp3) is 0.467. The summed E-state index contributed by atoms with van der Waals surface area (Å²) in [6.07, 6.45) is 1.54. The lowest BCUT2D eigenvalue weighted by atomic mass is 10.0. The first kappa shape index (κ1) is 12.5. The van der Waals surface area contributed by atoms with Gasteiger partial charge in [0.25, 0.3) is 0 Å². The maximum Gasteiger partial charge on any atom is 0.150 e. The minimum absolute atomic E-state index is 0.513. The maximum atomic E-state index is 11.0. The van der Waals surface area contributed by atoms with Crippen molar-refractivity contribution in [1.29, 1.82) is 0 Å². The molecule has 0 spiro atoms. The van der Waals surface area contributed by atoms with Crippen molar-refractivity contribution in [2.24, 2.45) is 5.92 Å². The molecule has 0 saturated carbocycles. The van der Waals surface area contributed by atoms with E-state index in [0.29, 0.717) is 11.1 Å². The quantitative estimate of drug-likeness (QED) is 0.761. The summed E-state index contributed by atoms with van der Waals surface area (Å²) in [5.74, 6) is 0.760. The Morgan fingerprint density at radius 3 is 2.05 bits per heavy atom. The van der Waals surface area contributed by atoms with E-state index in [0.717, 1.165) is 38.1 Å². The Kier molecular flexibility index (Phi) is 3.21. The molecule has 0 amide bonds. The molecule has 2 heterocycles. The summed E-state index contributed by atoms with van der Waals surface area (Å²) in [5, 5.41) is 0. The summed E-state index contributed by atoms with van der Waals surface area (Å²) < 4.78 is 0. The number of hydrogen-bond donors (Lipinski definition) is 0. The Labute approximate surface area is 113 Å². The summed E-state index contributed by atoms with van der Waals surface area (Å²) in [7, 11) is 2.14. The molecule has 1 fully saturated rings. The van der Waals surface area contributed by atoms with Crippen LogP contribution in [0.1, 0.15) is 31.8 Å². The Morgan fingerprint density at radius 2 is 1.63 bits per heavy atom. The van der Waals surface area contributed by atoms with Crippen LogP contribution in [-0.4, -0.2) is 49.1 Å². The number of likely N-dealkylation sites (tertiary alicyclic amines) is 1. The van der Waals surface area contributed by atoms with Crippen LogP contribution in [0.2, 0.25) is 0 Å². The van der Waals surface area contributed by atoms with Crippen LogP contribution >= 0.6 is 0 Å². The highest BCUT2D eigenvalue weighted by atomic mass is 16.1. The second-order valence-electron chi connectivity index (χ2n) is 5.74. The molecule has 0 aromatic heterocycles. The molecule has 0 radical (unpaired) electrons. The number of aldehydes is 2. The highest BCUT2D eigenvalue weighted by molar-refractivity contribution is 5.90. The summed E-state index contributed by atoms with van der Waals surface area (Å²) in [6, 6.07) is 3.75. The predicted molar refractivity (Wildman–Crippen MR) is 72.3 cm³/mol. The molecule has 1 saturated heterocycles. The molecule has 4 nitrogen and oxygen atoms in total. The van der Waals surface area contributed by atoms with Crippen molar-refractivity contribution in [2.45, 2.75) is 13.1 Å². The van der Waals surface area contributed by atoms with E-state index in [4.69, 9.17) is 0 Å². The van der Waals surface area contributed by atoms with E-state index in [-0.39, 0.29) is 0 Å². The lowest BCUT2D eigenvalue weighted by Gasteiger charge is -2.38. The standard InChI is InChI=1S/C15H18N2O2/c1-16-4-11(5-16)6-17-7-12-2-14(9-18)15(10-19)3-13(12)8-17/h2-3,9-11H,4-8H2,1H3. The molecular weight excluding hydrogens is 240 g/mol. The van der Waals surface area contributed by atoms with E-state index in [9.17, 15) is 9.59 Å². The summed E-state index contributed by atoms with van der Waals surface area (Å²) in [4.78, 5) is 26.6. The van der Waals surface area contributed by atoms with Gasteiger partial charge < -0.3 is 4.90 Å². The summed E-state index contributed by atoms with van der Waals surface area (Å²) in [5.41, 5.74) is 3.42. The molecule has 0 atom stereocenters. The van der Waals surface area contributed by atoms with Gasteiger partial charge in [-0.1, -0.05) is 0 Å². The van der Waals surface area contributed by atoms with E-state index in [1.54, 1.807) is 0 Å². The molecule has 0 unspecified atom stereocenters. The monoisotopic (exact) mass is 258 g/mol. The number of benzene rings is 1.